The Bertz CT molecular complexity index is 338. The Balaban J connectivity index is 0.00000225. The molecule has 0 atom stereocenters. The van der Waals surface area contributed by atoms with Gasteiger partial charge in [-0.05, 0) is 24.6 Å². The Kier molecular flexibility index (Phi) is 7.74. The normalized spacial score (nSPS) is 10.8. The van der Waals surface area contributed by atoms with E-state index in [1.54, 1.807) is 0 Å². The van der Waals surface area contributed by atoms with Gasteiger partial charge in [-0.1, -0.05) is 28.1 Å². The molecule has 0 bridgehead atoms. The van der Waals surface area contributed by atoms with Crippen LogP contribution in [0.3, 0.4) is 0 Å². The summed E-state index contributed by atoms with van der Waals surface area (Å²) in [5, 5.41) is 0. The van der Waals surface area contributed by atoms with Crippen LogP contribution in [0.25, 0.3) is 0 Å². The maximum atomic E-state index is 5.77. The van der Waals surface area contributed by atoms with Crippen molar-refractivity contribution >= 4 is 45.9 Å². The van der Waals surface area contributed by atoms with Crippen molar-refractivity contribution < 1.29 is 0 Å². The van der Waals surface area contributed by atoms with Crippen LogP contribution >= 0.6 is 39.9 Å². The van der Waals surface area contributed by atoms with E-state index in [1.807, 2.05) is 31.0 Å². The number of guanidine groups is 1. The predicted molar refractivity (Wildman–Crippen MR) is 83.2 cm³/mol. The van der Waals surface area contributed by atoms with Gasteiger partial charge >= 0.3 is 0 Å². The highest BCUT2D eigenvalue weighted by Gasteiger charge is 2.02. The third-order valence-corrected chi connectivity index (χ3v) is 2.57. The van der Waals surface area contributed by atoms with Gasteiger partial charge in [0.1, 0.15) is 0 Å². The van der Waals surface area contributed by atoms with E-state index in [2.05, 4.69) is 33.1 Å². The van der Waals surface area contributed by atoms with Gasteiger partial charge in [0, 0.05) is 24.6 Å². The van der Waals surface area contributed by atoms with E-state index in [0.717, 1.165) is 17.6 Å². The zero-order valence-corrected chi connectivity index (χ0v) is 13.4. The van der Waals surface area contributed by atoms with Gasteiger partial charge in [0.2, 0.25) is 0 Å². The summed E-state index contributed by atoms with van der Waals surface area (Å²) in [7, 11) is 1.94. The minimum atomic E-state index is 0. The first-order chi connectivity index (χ1) is 7.13. The molecule has 0 aliphatic heterocycles. The fraction of sp³-hybridized carbons (Fsp3) is 0.364. The Morgan fingerprint density at radius 2 is 1.94 bits per heavy atom. The molecule has 0 amide bonds. The fourth-order valence-corrected chi connectivity index (χ4v) is 1.49. The van der Waals surface area contributed by atoms with Crippen molar-refractivity contribution in [3.05, 3.63) is 34.3 Å². The van der Waals surface area contributed by atoms with Gasteiger partial charge in [0.05, 0.1) is 0 Å². The van der Waals surface area contributed by atoms with Crippen molar-refractivity contribution in [3.8, 4) is 0 Å². The Morgan fingerprint density at radius 1 is 1.38 bits per heavy atom. The van der Waals surface area contributed by atoms with Crippen LogP contribution in [0.5, 0.6) is 0 Å². The van der Waals surface area contributed by atoms with Crippen LogP contribution in [-0.2, 0) is 6.54 Å². The molecule has 0 spiro atoms. The van der Waals surface area contributed by atoms with Gasteiger partial charge in [0.15, 0.2) is 5.96 Å². The molecule has 16 heavy (non-hydrogen) atoms. The molecule has 0 aromatic heterocycles. The first-order valence-corrected chi connectivity index (χ1v) is 5.68. The fourth-order valence-electron chi connectivity index (χ4n) is 1.23. The average Bonchev–Trinajstić information content (AvgIpc) is 2.22. The van der Waals surface area contributed by atoms with Crippen LogP contribution < -0.4 is 5.73 Å². The topological polar surface area (TPSA) is 41.6 Å². The van der Waals surface area contributed by atoms with E-state index in [4.69, 9.17) is 5.73 Å². The van der Waals surface area contributed by atoms with Crippen LogP contribution in [-0.4, -0.2) is 24.5 Å². The number of hydrogen-bond acceptors (Lipinski definition) is 1. The van der Waals surface area contributed by atoms with Crippen LogP contribution in [0, 0.1) is 0 Å². The highest BCUT2D eigenvalue weighted by molar-refractivity contribution is 14.0. The Morgan fingerprint density at radius 3 is 2.44 bits per heavy atom. The molecular weight excluding hydrogens is 381 g/mol. The van der Waals surface area contributed by atoms with Crippen molar-refractivity contribution in [3.63, 3.8) is 0 Å². The highest BCUT2D eigenvalue weighted by atomic mass is 127. The second-order valence-corrected chi connectivity index (χ2v) is 4.23. The Labute approximate surface area is 122 Å². The van der Waals surface area contributed by atoms with Gasteiger partial charge in [-0.3, -0.25) is 4.99 Å². The number of aliphatic imine (C=N–C) groups is 1. The summed E-state index contributed by atoms with van der Waals surface area (Å²) in [6, 6.07) is 8.19. The lowest BCUT2D eigenvalue weighted by Gasteiger charge is -2.17. The van der Waals surface area contributed by atoms with Crippen molar-refractivity contribution in [2.45, 2.75) is 13.5 Å². The van der Waals surface area contributed by atoms with Crippen LogP contribution in [0.15, 0.2) is 33.7 Å². The first kappa shape index (κ1) is 15.7. The number of benzene rings is 1. The van der Waals surface area contributed by atoms with E-state index >= 15 is 0 Å². The molecule has 5 heteroatoms. The van der Waals surface area contributed by atoms with Crippen molar-refractivity contribution in [1.82, 2.24) is 4.90 Å². The molecule has 0 aliphatic carbocycles. The van der Waals surface area contributed by atoms with Gasteiger partial charge in [-0.25, -0.2) is 0 Å². The minimum Gasteiger partial charge on any atom is -0.370 e. The van der Waals surface area contributed by atoms with E-state index in [0.29, 0.717) is 5.96 Å². The lowest BCUT2D eigenvalue weighted by molar-refractivity contribution is 0.492. The highest BCUT2D eigenvalue weighted by Crippen LogP contribution is 2.11. The number of rotatable bonds is 3. The summed E-state index contributed by atoms with van der Waals surface area (Å²) in [6.07, 6.45) is 0. The van der Waals surface area contributed by atoms with Crippen LogP contribution in [0.4, 0.5) is 0 Å². The first-order valence-electron chi connectivity index (χ1n) is 4.89. The number of hydrogen-bond donors (Lipinski definition) is 1. The van der Waals surface area contributed by atoms with Crippen molar-refractivity contribution in [2.24, 2.45) is 10.7 Å². The number of nitrogens with zero attached hydrogens (tertiary/aromatic N) is 2. The summed E-state index contributed by atoms with van der Waals surface area (Å²) in [5.74, 6) is 0.584. The molecule has 1 rings (SSSR count). The molecular formula is C11H17BrIN3. The van der Waals surface area contributed by atoms with E-state index in [9.17, 15) is 0 Å². The lowest BCUT2D eigenvalue weighted by atomic mass is 10.2. The quantitative estimate of drug-likeness (QED) is 0.484. The summed E-state index contributed by atoms with van der Waals surface area (Å²) >= 11 is 3.40. The zero-order chi connectivity index (χ0) is 11.3. The SMILES string of the molecule is CCN=C(N)N(C)Cc1ccc(Br)cc1.I. The molecule has 3 nitrogen and oxygen atoms in total. The van der Waals surface area contributed by atoms with Crippen LogP contribution in [0.2, 0.25) is 0 Å². The molecule has 90 valence electrons. The van der Waals surface area contributed by atoms with Crippen molar-refractivity contribution in [1.29, 1.82) is 0 Å². The molecule has 0 saturated carbocycles. The van der Waals surface area contributed by atoms with Crippen LogP contribution in [0.1, 0.15) is 12.5 Å². The monoisotopic (exact) mass is 397 g/mol. The molecule has 1 aromatic rings. The minimum absolute atomic E-state index is 0. The molecule has 2 N–H and O–H groups in total. The zero-order valence-electron chi connectivity index (χ0n) is 9.48. The Hall–Kier alpha value is -0.300. The largest absolute Gasteiger partial charge is 0.370 e. The second-order valence-electron chi connectivity index (χ2n) is 3.32. The molecule has 0 aliphatic rings. The molecule has 0 fully saturated rings. The average molecular weight is 398 g/mol. The molecule has 0 heterocycles. The predicted octanol–water partition coefficient (Wildman–Crippen LogP) is 2.83. The molecule has 0 radical (unpaired) electrons. The lowest BCUT2D eigenvalue weighted by Crippen LogP contribution is -2.33. The molecule has 0 unspecified atom stereocenters. The molecule has 0 saturated heterocycles. The maximum absolute atomic E-state index is 5.77. The second kappa shape index (κ2) is 7.89. The third kappa shape index (κ3) is 5.16. The maximum Gasteiger partial charge on any atom is 0.191 e. The standard InChI is InChI=1S/C11H16BrN3.HI/c1-3-14-11(13)15(2)8-9-4-6-10(12)7-5-9;/h4-7H,3,8H2,1-2H3,(H2,13,14);1H. The molecule has 1 aromatic carbocycles. The van der Waals surface area contributed by atoms with Gasteiger partial charge in [-0.15, -0.1) is 24.0 Å². The number of halogens is 2. The van der Waals surface area contributed by atoms with E-state index < -0.39 is 0 Å². The van der Waals surface area contributed by atoms with Crippen molar-refractivity contribution in [2.75, 3.05) is 13.6 Å². The van der Waals surface area contributed by atoms with Gasteiger partial charge < -0.3 is 10.6 Å². The summed E-state index contributed by atoms with van der Waals surface area (Å²) in [4.78, 5) is 6.09. The van der Waals surface area contributed by atoms with E-state index in [-0.39, 0.29) is 24.0 Å². The smallest absolute Gasteiger partial charge is 0.191 e. The van der Waals surface area contributed by atoms with Gasteiger partial charge in [0.25, 0.3) is 0 Å². The number of nitrogens with two attached hydrogens (primary N) is 1. The van der Waals surface area contributed by atoms with E-state index in [1.165, 1.54) is 5.56 Å². The third-order valence-electron chi connectivity index (χ3n) is 2.04. The summed E-state index contributed by atoms with van der Waals surface area (Å²) < 4.78 is 1.09. The summed E-state index contributed by atoms with van der Waals surface area (Å²) in [6.45, 7) is 3.47. The summed E-state index contributed by atoms with van der Waals surface area (Å²) in [5.41, 5.74) is 6.99. The van der Waals surface area contributed by atoms with Gasteiger partial charge in [-0.2, -0.15) is 0 Å².